The number of aromatic nitrogens is 4. The Balaban J connectivity index is 1.24. The van der Waals surface area contributed by atoms with Crippen molar-refractivity contribution in [3.63, 3.8) is 0 Å². The zero-order valence-electron chi connectivity index (χ0n) is 27.8. The topological polar surface area (TPSA) is 103 Å². The number of halogens is 5. The summed E-state index contributed by atoms with van der Waals surface area (Å²) in [6, 6.07) is 7.16. The number of imidazole rings is 2. The Morgan fingerprint density at radius 3 is 2.38 bits per heavy atom. The number of anilines is 1. The van der Waals surface area contributed by atoms with Crippen molar-refractivity contribution < 1.29 is 36.3 Å². The molecule has 3 heterocycles. The van der Waals surface area contributed by atoms with E-state index in [0.717, 1.165) is 43.9 Å². The van der Waals surface area contributed by atoms with Gasteiger partial charge in [-0.25, -0.2) is 18.7 Å². The number of aryl methyl sites for hydroxylation is 3. The van der Waals surface area contributed by atoms with E-state index in [9.17, 15) is 22.8 Å². The Morgan fingerprint density at radius 2 is 1.72 bits per heavy atom. The highest BCUT2D eigenvalue weighted by molar-refractivity contribution is 6.10. The van der Waals surface area contributed by atoms with Crippen LogP contribution in [0.2, 0.25) is 0 Å². The normalized spacial score (nSPS) is 16.9. The van der Waals surface area contributed by atoms with Crippen LogP contribution in [0.3, 0.4) is 0 Å². The summed E-state index contributed by atoms with van der Waals surface area (Å²) in [5.41, 5.74) is -1.38. The predicted molar refractivity (Wildman–Crippen MR) is 178 cm³/mol. The molecule has 3 aromatic heterocycles. The van der Waals surface area contributed by atoms with Crippen molar-refractivity contribution in [2.75, 3.05) is 19.0 Å². The van der Waals surface area contributed by atoms with Crippen LogP contribution in [-0.2, 0) is 22.8 Å². The molecule has 50 heavy (non-hydrogen) atoms. The van der Waals surface area contributed by atoms with E-state index in [0.29, 0.717) is 23.4 Å². The van der Waals surface area contributed by atoms with Crippen molar-refractivity contribution in [1.29, 1.82) is 0 Å². The Hall–Kier alpha value is -4.95. The number of nitrogens with one attached hydrogen (secondary N) is 2. The fourth-order valence-corrected chi connectivity index (χ4v) is 6.51. The van der Waals surface area contributed by atoms with E-state index < -0.39 is 40.8 Å². The molecule has 0 aliphatic heterocycles. The molecule has 1 aliphatic carbocycles. The molecule has 14 heteroatoms. The summed E-state index contributed by atoms with van der Waals surface area (Å²) in [6.45, 7) is 3.55. The van der Waals surface area contributed by atoms with Gasteiger partial charge in [-0.3, -0.25) is 14.0 Å². The van der Waals surface area contributed by atoms with Gasteiger partial charge in [0.25, 0.3) is 0 Å². The van der Waals surface area contributed by atoms with Crippen LogP contribution in [0.5, 0.6) is 0 Å². The summed E-state index contributed by atoms with van der Waals surface area (Å²) < 4.78 is 81.7. The molecule has 9 nitrogen and oxygen atoms in total. The van der Waals surface area contributed by atoms with Gasteiger partial charge in [-0.15, -0.1) is 0 Å². The van der Waals surface area contributed by atoms with Gasteiger partial charge in [-0.1, -0.05) is 6.08 Å². The van der Waals surface area contributed by atoms with E-state index >= 15 is 8.78 Å². The lowest BCUT2D eigenvalue weighted by molar-refractivity contribution is -0.137. The van der Waals surface area contributed by atoms with Crippen LogP contribution >= 0.6 is 0 Å². The zero-order chi connectivity index (χ0) is 35.9. The van der Waals surface area contributed by atoms with Gasteiger partial charge in [0.05, 0.1) is 28.4 Å². The second kappa shape index (κ2) is 13.8. The molecule has 5 aromatic rings. The summed E-state index contributed by atoms with van der Waals surface area (Å²) in [5, 5.41) is 5.51. The Morgan fingerprint density at radius 1 is 1.02 bits per heavy atom. The number of hydrogen-bond donors (Lipinski definition) is 2. The number of amides is 1. The summed E-state index contributed by atoms with van der Waals surface area (Å²) >= 11 is 0. The number of methoxy groups -OCH3 is 1. The molecule has 0 atom stereocenters. The maximum atomic E-state index is 15.2. The van der Waals surface area contributed by atoms with Crippen molar-refractivity contribution in [2.24, 2.45) is 7.05 Å². The van der Waals surface area contributed by atoms with E-state index in [4.69, 9.17) is 4.74 Å². The van der Waals surface area contributed by atoms with Gasteiger partial charge >= 0.3 is 6.18 Å². The van der Waals surface area contributed by atoms with E-state index in [2.05, 4.69) is 20.6 Å². The lowest BCUT2D eigenvalue weighted by Crippen LogP contribution is -2.35. The number of carbonyl (C=O) groups excluding carboxylic acids is 2. The van der Waals surface area contributed by atoms with Crippen LogP contribution in [0.1, 0.15) is 58.8 Å². The number of ketones is 1. The minimum atomic E-state index is -4.72. The predicted octanol–water partition coefficient (Wildman–Crippen LogP) is 7.07. The van der Waals surface area contributed by atoms with Crippen LogP contribution < -0.4 is 10.6 Å². The Labute approximate surface area is 284 Å². The average Bonchev–Trinajstić information content (AvgIpc) is 3.57. The molecule has 0 bridgehead atoms. The number of alkyl halides is 3. The van der Waals surface area contributed by atoms with E-state index in [-0.39, 0.29) is 45.9 Å². The highest BCUT2D eigenvalue weighted by Crippen LogP contribution is 2.41. The summed E-state index contributed by atoms with van der Waals surface area (Å²) in [6.07, 6.45) is 3.47. The van der Waals surface area contributed by atoms with Crippen LogP contribution in [-0.4, -0.2) is 56.4 Å². The number of ether oxygens (including phenoxy) is 1. The molecule has 6 rings (SSSR count). The average molecular weight is 695 g/mol. The second-order valence-electron chi connectivity index (χ2n) is 12.4. The number of hydrogen-bond acceptors (Lipinski definition) is 6. The summed E-state index contributed by atoms with van der Waals surface area (Å²) in [7, 11) is 3.32. The third kappa shape index (κ3) is 6.77. The molecule has 0 saturated heterocycles. The van der Waals surface area contributed by atoms with Crippen molar-refractivity contribution in [3.8, 4) is 11.1 Å². The van der Waals surface area contributed by atoms with E-state index in [1.165, 1.54) is 41.8 Å². The molecule has 2 aromatic carbocycles. The number of fused-ring (bicyclic) bond motifs is 2. The summed E-state index contributed by atoms with van der Waals surface area (Å²) in [5.74, 6) is -3.40. The van der Waals surface area contributed by atoms with Gasteiger partial charge in [0.15, 0.2) is 0 Å². The first-order valence-corrected chi connectivity index (χ1v) is 16.1. The number of benzene rings is 2. The third-order valence-corrected chi connectivity index (χ3v) is 9.23. The molecular weight excluding hydrogens is 659 g/mol. The van der Waals surface area contributed by atoms with Gasteiger partial charge in [0.1, 0.15) is 34.5 Å². The summed E-state index contributed by atoms with van der Waals surface area (Å²) in [4.78, 5) is 35.0. The quantitative estimate of drug-likeness (QED) is 0.0973. The molecule has 0 radical (unpaired) electrons. The van der Waals surface area contributed by atoms with Crippen molar-refractivity contribution >= 4 is 34.1 Å². The minimum absolute atomic E-state index is 0.0413. The van der Waals surface area contributed by atoms with Gasteiger partial charge in [0, 0.05) is 50.1 Å². The number of carbonyl (C=O) groups is 2. The fraction of sp³-hybridized carbons (Fsp3) is 0.333. The fourth-order valence-electron chi connectivity index (χ4n) is 6.51. The van der Waals surface area contributed by atoms with Crippen LogP contribution in [0.25, 0.3) is 27.8 Å². The molecule has 1 aliphatic rings. The first kappa shape index (κ1) is 34.9. The van der Waals surface area contributed by atoms with Crippen LogP contribution in [0.4, 0.5) is 27.6 Å². The Kier molecular flexibility index (Phi) is 9.60. The van der Waals surface area contributed by atoms with Crippen LogP contribution in [0.15, 0.2) is 54.7 Å². The maximum Gasteiger partial charge on any atom is 0.417 e. The van der Waals surface area contributed by atoms with Gasteiger partial charge in [-0.2, -0.15) is 13.2 Å². The van der Waals surface area contributed by atoms with Gasteiger partial charge in [0.2, 0.25) is 11.7 Å². The molecule has 1 amide bonds. The number of rotatable bonds is 9. The number of pyridine rings is 1. The minimum Gasteiger partial charge on any atom is -0.381 e. The molecule has 1 fully saturated rings. The standard InChI is InChI=1S/C36H35F5N6O3/c1-19-33(47-14-6-7-24(35(47)43-19)25-17-29-30(46(3)20(2)44-29)18-26(25)36(39,40)41)34(49)21-15-27(37)32(28(38)16-21)45-31(48)8-5-13-42-22-9-11-23(50-4)12-10-22/h5-8,14-18,22-23,42H,9-13H2,1-4H3,(H,45,48)/b8-5+. The lowest BCUT2D eigenvalue weighted by Gasteiger charge is -2.27. The van der Waals surface area contributed by atoms with Crippen molar-refractivity contribution in [2.45, 2.75) is 57.9 Å². The number of nitrogens with zero attached hydrogens (tertiary/aromatic N) is 4. The van der Waals surface area contributed by atoms with Gasteiger partial charge < -0.3 is 19.9 Å². The third-order valence-electron chi connectivity index (χ3n) is 9.23. The lowest BCUT2D eigenvalue weighted by atomic mass is 9.93. The SMILES string of the molecule is COC1CCC(NC/C=C/C(=O)Nc2c(F)cc(C(=O)c3c(C)nc4c(-c5cc6nc(C)n(C)c6cc5C(F)(F)F)cccn34)cc2F)CC1. The van der Waals surface area contributed by atoms with Crippen molar-refractivity contribution in [3.05, 3.63) is 94.7 Å². The molecular formula is C36H35F5N6O3. The highest BCUT2D eigenvalue weighted by atomic mass is 19.4. The van der Waals surface area contributed by atoms with E-state index in [1.807, 2.05) is 0 Å². The first-order valence-electron chi connectivity index (χ1n) is 16.1. The maximum absolute atomic E-state index is 15.2. The molecule has 0 unspecified atom stereocenters. The Bertz CT molecular complexity index is 2120. The smallest absolute Gasteiger partial charge is 0.381 e. The van der Waals surface area contributed by atoms with E-state index in [1.54, 1.807) is 31.7 Å². The molecule has 1 saturated carbocycles. The molecule has 0 spiro atoms. The zero-order valence-corrected chi connectivity index (χ0v) is 27.8. The van der Waals surface area contributed by atoms with Gasteiger partial charge in [-0.05, 0) is 81.5 Å². The van der Waals surface area contributed by atoms with Crippen molar-refractivity contribution in [1.82, 2.24) is 24.3 Å². The highest BCUT2D eigenvalue weighted by Gasteiger charge is 2.36. The van der Waals surface area contributed by atoms with Crippen LogP contribution in [0, 0.1) is 25.5 Å². The monoisotopic (exact) mass is 694 g/mol. The second-order valence-corrected chi connectivity index (χ2v) is 12.4. The first-order chi connectivity index (χ1) is 23.8. The largest absolute Gasteiger partial charge is 0.417 e. The molecule has 262 valence electrons. The molecule has 2 N–H and O–H groups in total.